The summed E-state index contributed by atoms with van der Waals surface area (Å²) < 4.78 is 6.22. The van der Waals surface area contributed by atoms with Crippen molar-refractivity contribution in [3.8, 4) is 0 Å². The fraction of sp³-hybridized carbons (Fsp3) is 0.458. The zero-order valence-electron chi connectivity index (χ0n) is 17.5. The van der Waals surface area contributed by atoms with E-state index < -0.39 is 0 Å². The highest BCUT2D eigenvalue weighted by molar-refractivity contribution is 6.26. The SMILES string of the molecule is Cc1cc(C)c(C2=C(O)[C@@H]3[C@@H]4O[C@@H](C[C@H]4c4nc(C)cnc4C)[C@@H]3C2=O)c(C)c1. The topological polar surface area (TPSA) is 72.3 Å². The number of benzene rings is 1. The Morgan fingerprint density at radius 2 is 1.76 bits per heavy atom. The van der Waals surface area contributed by atoms with Crippen molar-refractivity contribution in [1.29, 1.82) is 0 Å². The molecular weight excluding hydrogens is 364 g/mol. The maximum Gasteiger partial charge on any atom is 0.173 e. The van der Waals surface area contributed by atoms with Gasteiger partial charge in [0.25, 0.3) is 0 Å². The zero-order valence-corrected chi connectivity index (χ0v) is 17.5. The Balaban J connectivity index is 1.59. The lowest BCUT2D eigenvalue weighted by atomic mass is 9.73. The molecule has 3 aliphatic rings. The Bertz CT molecular complexity index is 1060. The van der Waals surface area contributed by atoms with Crippen molar-refractivity contribution in [2.45, 2.75) is 59.2 Å². The molecule has 2 bridgehead atoms. The van der Waals surface area contributed by atoms with E-state index >= 15 is 0 Å². The highest BCUT2D eigenvalue weighted by Crippen LogP contribution is 2.58. The smallest absolute Gasteiger partial charge is 0.173 e. The number of Topliss-reactive ketones (excluding diaryl/α,β-unsaturated/α-hetero) is 1. The van der Waals surface area contributed by atoms with Crippen LogP contribution in [0.4, 0.5) is 0 Å². The molecule has 29 heavy (non-hydrogen) atoms. The minimum absolute atomic E-state index is 0.0283. The second-order valence-electron chi connectivity index (χ2n) is 8.91. The first-order valence-corrected chi connectivity index (χ1v) is 10.3. The average molecular weight is 390 g/mol. The summed E-state index contributed by atoms with van der Waals surface area (Å²) >= 11 is 0. The number of carbonyl (C=O) groups is 1. The molecule has 150 valence electrons. The minimum atomic E-state index is -0.289. The van der Waals surface area contributed by atoms with E-state index in [0.717, 1.165) is 45.8 Å². The summed E-state index contributed by atoms with van der Waals surface area (Å²) in [5.74, 6) is -0.290. The Morgan fingerprint density at radius 1 is 1.07 bits per heavy atom. The number of hydrogen-bond donors (Lipinski definition) is 1. The van der Waals surface area contributed by atoms with Crippen LogP contribution < -0.4 is 0 Å². The highest BCUT2D eigenvalue weighted by atomic mass is 16.5. The van der Waals surface area contributed by atoms with Gasteiger partial charge in [-0.25, -0.2) is 0 Å². The third kappa shape index (κ3) is 2.53. The molecule has 2 saturated heterocycles. The third-order valence-corrected chi connectivity index (χ3v) is 6.87. The second-order valence-corrected chi connectivity index (χ2v) is 8.91. The summed E-state index contributed by atoms with van der Waals surface area (Å²) in [6, 6.07) is 4.15. The lowest BCUT2D eigenvalue weighted by Crippen LogP contribution is -2.34. The van der Waals surface area contributed by atoms with E-state index in [9.17, 15) is 9.90 Å². The number of ether oxygens (including phenoxy) is 1. The van der Waals surface area contributed by atoms with Crippen molar-refractivity contribution in [2.24, 2.45) is 11.8 Å². The first-order valence-electron chi connectivity index (χ1n) is 10.3. The van der Waals surface area contributed by atoms with Crippen molar-refractivity contribution in [3.05, 3.63) is 63.4 Å². The van der Waals surface area contributed by atoms with E-state index in [2.05, 4.69) is 17.1 Å². The molecule has 1 aromatic heterocycles. The molecule has 0 saturated carbocycles. The van der Waals surface area contributed by atoms with Gasteiger partial charge in [-0.05, 0) is 57.7 Å². The number of aromatic nitrogens is 2. The van der Waals surface area contributed by atoms with Gasteiger partial charge in [0, 0.05) is 12.1 Å². The number of aliphatic hydroxyl groups excluding tert-OH is 1. The monoisotopic (exact) mass is 390 g/mol. The van der Waals surface area contributed by atoms with Crippen molar-refractivity contribution in [3.63, 3.8) is 0 Å². The van der Waals surface area contributed by atoms with Gasteiger partial charge in [0.15, 0.2) is 5.78 Å². The third-order valence-electron chi connectivity index (χ3n) is 6.87. The summed E-state index contributed by atoms with van der Waals surface area (Å²) in [6.07, 6.45) is 2.12. The Hall–Kier alpha value is -2.53. The van der Waals surface area contributed by atoms with E-state index in [0.29, 0.717) is 5.57 Å². The van der Waals surface area contributed by atoms with Crippen LogP contribution in [0.25, 0.3) is 5.57 Å². The lowest BCUT2D eigenvalue weighted by Gasteiger charge is -2.27. The largest absolute Gasteiger partial charge is 0.511 e. The molecule has 1 N–H and O–H groups in total. The van der Waals surface area contributed by atoms with E-state index in [1.807, 2.05) is 34.6 Å². The van der Waals surface area contributed by atoms with Gasteiger partial charge < -0.3 is 9.84 Å². The van der Waals surface area contributed by atoms with Gasteiger partial charge in [-0.2, -0.15) is 0 Å². The zero-order chi connectivity index (χ0) is 20.6. The lowest BCUT2D eigenvalue weighted by molar-refractivity contribution is -0.118. The summed E-state index contributed by atoms with van der Waals surface area (Å²) in [6.45, 7) is 9.97. The van der Waals surface area contributed by atoms with E-state index in [1.165, 1.54) is 0 Å². The van der Waals surface area contributed by atoms with Crippen LogP contribution in [0.5, 0.6) is 0 Å². The molecule has 0 unspecified atom stereocenters. The molecule has 2 fully saturated rings. The second kappa shape index (κ2) is 6.23. The van der Waals surface area contributed by atoms with Crippen LogP contribution in [0.2, 0.25) is 0 Å². The van der Waals surface area contributed by atoms with Gasteiger partial charge in [-0.1, -0.05) is 17.7 Å². The van der Waals surface area contributed by atoms with Crippen molar-refractivity contribution >= 4 is 11.4 Å². The summed E-state index contributed by atoms with van der Waals surface area (Å²) in [5.41, 5.74) is 7.31. The standard InChI is InChI=1S/C24H26N2O3/c1-10-6-11(2)17(12(3)7-10)19-22(27)18-16-8-15(24(29-16)20(18)23(19)28)21-14(5)25-9-13(4)26-21/h6-7,9,15-16,18,20,24,28H,8H2,1-5H3/t15-,16-,18-,20+,24+/m0/s1. The van der Waals surface area contributed by atoms with Crippen LogP contribution in [0.15, 0.2) is 24.1 Å². The van der Waals surface area contributed by atoms with E-state index in [1.54, 1.807) is 6.20 Å². The van der Waals surface area contributed by atoms with Crippen LogP contribution in [-0.2, 0) is 9.53 Å². The van der Waals surface area contributed by atoms with Crippen LogP contribution in [0, 0.1) is 46.5 Å². The van der Waals surface area contributed by atoms with Gasteiger partial charge in [0.05, 0.1) is 46.7 Å². The van der Waals surface area contributed by atoms with Gasteiger partial charge in [-0.3, -0.25) is 14.8 Å². The minimum Gasteiger partial charge on any atom is -0.511 e. The normalized spacial score (nSPS) is 30.4. The molecule has 5 rings (SSSR count). The van der Waals surface area contributed by atoms with Gasteiger partial charge in [-0.15, -0.1) is 0 Å². The quantitative estimate of drug-likeness (QED) is 0.837. The molecule has 3 heterocycles. The number of hydrogen-bond acceptors (Lipinski definition) is 5. The molecule has 2 aliphatic heterocycles. The van der Waals surface area contributed by atoms with Gasteiger partial charge >= 0.3 is 0 Å². The summed E-state index contributed by atoms with van der Waals surface area (Å²) in [4.78, 5) is 22.6. The number of fused-ring (bicyclic) bond motifs is 5. The Kier molecular flexibility index (Phi) is 3.97. The molecular formula is C24H26N2O3. The van der Waals surface area contributed by atoms with E-state index in [-0.39, 0.29) is 41.5 Å². The Morgan fingerprint density at radius 3 is 2.45 bits per heavy atom. The molecule has 1 aliphatic carbocycles. The van der Waals surface area contributed by atoms with Gasteiger partial charge in [0.2, 0.25) is 0 Å². The fourth-order valence-electron chi connectivity index (χ4n) is 5.86. The highest BCUT2D eigenvalue weighted by Gasteiger charge is 2.63. The van der Waals surface area contributed by atoms with Crippen molar-refractivity contribution in [2.75, 3.05) is 0 Å². The molecule has 0 radical (unpaired) electrons. The number of carbonyl (C=O) groups excluding carboxylic acids is 1. The van der Waals surface area contributed by atoms with Crippen LogP contribution in [0.3, 0.4) is 0 Å². The van der Waals surface area contributed by atoms with E-state index in [4.69, 9.17) is 9.72 Å². The number of nitrogens with zero attached hydrogens (tertiary/aromatic N) is 2. The number of allylic oxidation sites excluding steroid dienone is 1. The maximum atomic E-state index is 13.4. The fourth-order valence-corrected chi connectivity index (χ4v) is 5.86. The number of ketones is 1. The van der Waals surface area contributed by atoms with Gasteiger partial charge in [0.1, 0.15) is 5.76 Å². The average Bonchev–Trinajstić information content (AvgIpc) is 3.30. The molecule has 5 heteroatoms. The van der Waals surface area contributed by atoms with Crippen molar-refractivity contribution in [1.82, 2.24) is 9.97 Å². The van der Waals surface area contributed by atoms with Crippen LogP contribution in [0.1, 0.15) is 51.7 Å². The number of rotatable bonds is 2. The molecule has 0 spiro atoms. The van der Waals surface area contributed by atoms with Crippen LogP contribution in [-0.4, -0.2) is 33.1 Å². The van der Waals surface area contributed by atoms with Crippen LogP contribution >= 0.6 is 0 Å². The first kappa shape index (κ1) is 18.5. The summed E-state index contributed by atoms with van der Waals surface area (Å²) in [7, 11) is 0. The predicted molar refractivity (Wildman–Crippen MR) is 110 cm³/mol. The van der Waals surface area contributed by atoms with Crippen molar-refractivity contribution < 1.29 is 14.6 Å². The number of aryl methyl sites for hydroxylation is 5. The Labute approximate surface area is 170 Å². The molecule has 5 nitrogen and oxygen atoms in total. The first-order chi connectivity index (χ1) is 13.8. The number of aliphatic hydroxyl groups is 1. The maximum absolute atomic E-state index is 13.4. The molecule has 0 amide bonds. The molecule has 2 aromatic rings. The molecule has 1 aromatic carbocycles. The summed E-state index contributed by atoms with van der Waals surface area (Å²) in [5, 5.41) is 11.3. The molecule has 5 atom stereocenters. The predicted octanol–water partition coefficient (Wildman–Crippen LogP) is 4.06.